The average Bonchev–Trinajstić information content (AvgIpc) is 3.20. The van der Waals surface area contributed by atoms with Crippen LogP contribution >= 0.6 is 0 Å². The van der Waals surface area contributed by atoms with Gasteiger partial charge in [-0.15, -0.1) is 0 Å². The van der Waals surface area contributed by atoms with Crippen molar-refractivity contribution in [3.05, 3.63) is 89.7 Å². The molecule has 4 aromatic rings. The largest absolute Gasteiger partial charge is 0.486 e. The van der Waals surface area contributed by atoms with E-state index in [1.165, 1.54) is 12.1 Å². The Balaban J connectivity index is 1.49. The number of nitrogens with one attached hydrogen (secondary N) is 1. The molecule has 3 aromatic carbocycles. The Hall–Kier alpha value is -3.52. The molecule has 0 saturated carbocycles. The van der Waals surface area contributed by atoms with Gasteiger partial charge in [-0.1, -0.05) is 30.3 Å². The van der Waals surface area contributed by atoms with Crippen molar-refractivity contribution < 1.29 is 17.9 Å². The lowest BCUT2D eigenvalue weighted by Crippen LogP contribution is -2.43. The molecule has 5 rings (SSSR count). The number of rotatable bonds is 6. The van der Waals surface area contributed by atoms with Gasteiger partial charge in [-0.3, -0.25) is 0 Å². The molecule has 8 heteroatoms. The molecule has 0 atom stereocenters. The number of hydrogen-bond acceptors (Lipinski definition) is 4. The standard InChI is InChI=1S/C26H25F3N4O/c27-26(28,29)20-8-6-19(7-9-20)17-33-24-16-21(32-14-12-30-13-15-32)10-11-23(24)31-25(33)18-34-22-4-2-1-3-5-22/h1-11,16,30H,12-15,17-18H2. The molecule has 2 heterocycles. The van der Waals surface area contributed by atoms with E-state index in [-0.39, 0.29) is 6.61 Å². The Morgan fingerprint density at radius 1 is 0.912 bits per heavy atom. The van der Waals surface area contributed by atoms with Crippen molar-refractivity contribution in [2.75, 3.05) is 31.1 Å². The van der Waals surface area contributed by atoms with Crippen LogP contribution in [-0.4, -0.2) is 35.7 Å². The third-order valence-corrected chi connectivity index (χ3v) is 6.03. The normalized spacial score (nSPS) is 14.5. The first-order chi connectivity index (χ1) is 16.5. The van der Waals surface area contributed by atoms with Gasteiger partial charge in [0.25, 0.3) is 0 Å². The first kappa shape index (κ1) is 22.3. The van der Waals surface area contributed by atoms with Gasteiger partial charge in [-0.05, 0) is 48.0 Å². The van der Waals surface area contributed by atoms with Crippen molar-refractivity contribution in [3.8, 4) is 5.75 Å². The highest BCUT2D eigenvalue weighted by atomic mass is 19.4. The minimum absolute atomic E-state index is 0.252. The van der Waals surface area contributed by atoms with E-state index in [0.717, 1.165) is 72.2 Å². The van der Waals surface area contributed by atoms with Crippen LogP contribution < -0.4 is 15.0 Å². The zero-order valence-electron chi connectivity index (χ0n) is 18.6. The molecule has 0 bridgehead atoms. The van der Waals surface area contributed by atoms with Crippen molar-refractivity contribution in [2.45, 2.75) is 19.3 Å². The van der Waals surface area contributed by atoms with Crippen LogP contribution in [-0.2, 0) is 19.3 Å². The molecule has 1 aliphatic rings. The number of aromatic nitrogens is 2. The molecular formula is C26H25F3N4O. The maximum atomic E-state index is 13.0. The van der Waals surface area contributed by atoms with E-state index in [1.54, 1.807) is 0 Å². The van der Waals surface area contributed by atoms with E-state index >= 15 is 0 Å². The van der Waals surface area contributed by atoms with Gasteiger partial charge < -0.3 is 19.5 Å². The molecular weight excluding hydrogens is 441 g/mol. The number of halogens is 3. The number of para-hydroxylation sites is 1. The number of ether oxygens (including phenoxy) is 1. The number of nitrogens with zero attached hydrogens (tertiary/aromatic N) is 3. The smallest absolute Gasteiger partial charge is 0.416 e. The molecule has 1 aromatic heterocycles. The summed E-state index contributed by atoms with van der Waals surface area (Å²) >= 11 is 0. The molecule has 0 radical (unpaired) electrons. The van der Waals surface area contributed by atoms with Gasteiger partial charge in [0.15, 0.2) is 0 Å². The van der Waals surface area contributed by atoms with Crippen molar-refractivity contribution >= 4 is 16.7 Å². The summed E-state index contributed by atoms with van der Waals surface area (Å²) < 4.78 is 47.0. The fourth-order valence-electron chi connectivity index (χ4n) is 4.21. The maximum absolute atomic E-state index is 13.0. The van der Waals surface area contributed by atoms with Crippen molar-refractivity contribution in [3.63, 3.8) is 0 Å². The number of benzene rings is 3. The lowest BCUT2D eigenvalue weighted by molar-refractivity contribution is -0.137. The Morgan fingerprint density at radius 2 is 1.65 bits per heavy atom. The lowest BCUT2D eigenvalue weighted by atomic mass is 10.1. The molecule has 5 nitrogen and oxygen atoms in total. The monoisotopic (exact) mass is 466 g/mol. The summed E-state index contributed by atoms with van der Waals surface area (Å²) in [5.41, 5.74) is 2.99. The second kappa shape index (κ2) is 9.38. The second-order valence-corrected chi connectivity index (χ2v) is 8.32. The molecule has 0 aliphatic carbocycles. The number of anilines is 1. The number of alkyl halides is 3. The van der Waals surface area contributed by atoms with E-state index in [4.69, 9.17) is 9.72 Å². The first-order valence-corrected chi connectivity index (χ1v) is 11.3. The van der Waals surface area contributed by atoms with Crippen LogP contribution in [0.15, 0.2) is 72.8 Å². The summed E-state index contributed by atoms with van der Waals surface area (Å²) in [5.74, 6) is 1.45. The highest BCUT2D eigenvalue weighted by Crippen LogP contribution is 2.30. The van der Waals surface area contributed by atoms with Crippen molar-refractivity contribution in [1.82, 2.24) is 14.9 Å². The van der Waals surface area contributed by atoms with E-state index in [9.17, 15) is 13.2 Å². The molecule has 0 unspecified atom stereocenters. The number of imidazole rings is 1. The molecule has 34 heavy (non-hydrogen) atoms. The predicted molar refractivity (Wildman–Crippen MR) is 126 cm³/mol. The fraction of sp³-hybridized carbons (Fsp3) is 0.269. The number of fused-ring (bicyclic) bond motifs is 1. The van der Waals surface area contributed by atoms with E-state index < -0.39 is 11.7 Å². The summed E-state index contributed by atoms with van der Waals surface area (Å²) in [4.78, 5) is 7.12. The molecule has 1 aliphatic heterocycles. The molecule has 0 amide bonds. The van der Waals surface area contributed by atoms with Crippen LogP contribution in [0.25, 0.3) is 11.0 Å². The van der Waals surface area contributed by atoms with Gasteiger partial charge in [0, 0.05) is 38.4 Å². The van der Waals surface area contributed by atoms with Crippen LogP contribution in [0.3, 0.4) is 0 Å². The topological polar surface area (TPSA) is 42.3 Å². The second-order valence-electron chi connectivity index (χ2n) is 8.32. The third kappa shape index (κ3) is 4.87. The van der Waals surface area contributed by atoms with Crippen LogP contribution in [0.4, 0.5) is 18.9 Å². The zero-order valence-corrected chi connectivity index (χ0v) is 18.6. The molecule has 1 saturated heterocycles. The summed E-state index contributed by atoms with van der Waals surface area (Å²) in [5, 5.41) is 3.36. The lowest BCUT2D eigenvalue weighted by Gasteiger charge is -2.29. The summed E-state index contributed by atoms with van der Waals surface area (Å²) in [7, 11) is 0. The first-order valence-electron chi connectivity index (χ1n) is 11.3. The van der Waals surface area contributed by atoms with Gasteiger partial charge in [-0.25, -0.2) is 4.98 Å². The van der Waals surface area contributed by atoms with Gasteiger partial charge in [-0.2, -0.15) is 13.2 Å². The highest BCUT2D eigenvalue weighted by Gasteiger charge is 2.30. The maximum Gasteiger partial charge on any atom is 0.416 e. The van der Waals surface area contributed by atoms with E-state index in [1.807, 2.05) is 41.0 Å². The summed E-state index contributed by atoms with van der Waals surface area (Å²) in [6.45, 7) is 4.35. The highest BCUT2D eigenvalue weighted by molar-refractivity contribution is 5.80. The van der Waals surface area contributed by atoms with Crippen LogP contribution in [0.2, 0.25) is 0 Å². The molecule has 1 fully saturated rings. The Kier molecular flexibility index (Phi) is 6.15. The van der Waals surface area contributed by atoms with E-state index in [2.05, 4.69) is 22.3 Å². The van der Waals surface area contributed by atoms with Crippen LogP contribution in [0, 0.1) is 0 Å². The minimum atomic E-state index is -4.35. The Bertz CT molecular complexity index is 1250. The van der Waals surface area contributed by atoms with Gasteiger partial charge in [0.2, 0.25) is 0 Å². The van der Waals surface area contributed by atoms with Crippen LogP contribution in [0.5, 0.6) is 5.75 Å². The minimum Gasteiger partial charge on any atom is -0.486 e. The molecule has 0 spiro atoms. The van der Waals surface area contributed by atoms with Gasteiger partial charge >= 0.3 is 6.18 Å². The van der Waals surface area contributed by atoms with Crippen molar-refractivity contribution in [1.29, 1.82) is 0 Å². The molecule has 176 valence electrons. The fourth-order valence-corrected chi connectivity index (χ4v) is 4.21. The zero-order chi connectivity index (χ0) is 23.5. The predicted octanol–water partition coefficient (Wildman–Crippen LogP) is 5.09. The van der Waals surface area contributed by atoms with E-state index in [0.29, 0.717) is 6.54 Å². The van der Waals surface area contributed by atoms with Crippen LogP contribution in [0.1, 0.15) is 17.0 Å². The van der Waals surface area contributed by atoms with Gasteiger partial charge in [0.05, 0.1) is 16.6 Å². The van der Waals surface area contributed by atoms with Gasteiger partial charge in [0.1, 0.15) is 18.2 Å². The average molecular weight is 467 g/mol. The number of hydrogen-bond donors (Lipinski definition) is 1. The summed E-state index contributed by atoms with van der Waals surface area (Å²) in [6.07, 6.45) is -4.35. The number of piperazine rings is 1. The third-order valence-electron chi connectivity index (χ3n) is 6.03. The molecule has 1 N–H and O–H groups in total. The Morgan fingerprint density at radius 3 is 2.35 bits per heavy atom. The SMILES string of the molecule is FC(F)(F)c1ccc(Cn2c(COc3ccccc3)nc3ccc(N4CCNCC4)cc32)cc1. The summed E-state index contributed by atoms with van der Waals surface area (Å²) in [6, 6.07) is 21.0. The van der Waals surface area contributed by atoms with Crippen molar-refractivity contribution in [2.24, 2.45) is 0 Å². The Labute approximate surface area is 195 Å². The quantitative estimate of drug-likeness (QED) is 0.430.